The summed E-state index contributed by atoms with van der Waals surface area (Å²) in [5, 5.41) is 4.92. The zero-order valence-electron chi connectivity index (χ0n) is 14.9. The lowest BCUT2D eigenvalue weighted by molar-refractivity contribution is 0.765. The standard InChI is InChI=1S/C23H19N3S/c1-2-11-18(12-3-1)27-21-15-7-5-13-19(21)23-24-22-16-8-10-17-9-4-6-14-20(17)26(22)25-23/h1-7,9,11-15H,8,10,16H2. The number of para-hydroxylation sites is 1. The van der Waals surface area contributed by atoms with Crippen molar-refractivity contribution in [3.8, 4) is 17.1 Å². The molecule has 0 amide bonds. The fourth-order valence-electron chi connectivity index (χ4n) is 3.53. The lowest BCUT2D eigenvalue weighted by atomic mass is 10.1. The van der Waals surface area contributed by atoms with Crippen LogP contribution in [0.3, 0.4) is 0 Å². The molecule has 27 heavy (non-hydrogen) atoms. The van der Waals surface area contributed by atoms with Crippen LogP contribution in [-0.4, -0.2) is 14.8 Å². The third kappa shape index (κ3) is 3.17. The molecule has 0 spiro atoms. The number of aryl methyl sites for hydroxylation is 2. The van der Waals surface area contributed by atoms with Gasteiger partial charge in [0.15, 0.2) is 5.82 Å². The van der Waals surface area contributed by atoms with E-state index < -0.39 is 0 Å². The first-order chi connectivity index (χ1) is 13.4. The van der Waals surface area contributed by atoms with E-state index in [9.17, 15) is 0 Å². The summed E-state index contributed by atoms with van der Waals surface area (Å²) in [6.07, 6.45) is 3.14. The Morgan fingerprint density at radius 3 is 2.48 bits per heavy atom. The van der Waals surface area contributed by atoms with E-state index in [0.29, 0.717) is 0 Å². The van der Waals surface area contributed by atoms with Gasteiger partial charge in [0, 0.05) is 21.8 Å². The zero-order valence-corrected chi connectivity index (χ0v) is 15.7. The summed E-state index contributed by atoms with van der Waals surface area (Å²) in [6, 6.07) is 27.4. The van der Waals surface area contributed by atoms with Crippen LogP contribution in [0.25, 0.3) is 17.1 Å². The zero-order chi connectivity index (χ0) is 18.1. The van der Waals surface area contributed by atoms with Gasteiger partial charge in [0.2, 0.25) is 0 Å². The Balaban J connectivity index is 1.59. The molecule has 132 valence electrons. The van der Waals surface area contributed by atoms with E-state index in [1.807, 2.05) is 10.7 Å². The van der Waals surface area contributed by atoms with E-state index in [0.717, 1.165) is 42.2 Å². The van der Waals surface area contributed by atoms with Gasteiger partial charge in [-0.25, -0.2) is 9.67 Å². The van der Waals surface area contributed by atoms with Crippen molar-refractivity contribution in [1.29, 1.82) is 0 Å². The van der Waals surface area contributed by atoms with Gasteiger partial charge in [0.05, 0.1) is 5.69 Å². The maximum absolute atomic E-state index is 4.92. The number of hydrogen-bond acceptors (Lipinski definition) is 3. The molecule has 5 rings (SSSR count). The van der Waals surface area contributed by atoms with Gasteiger partial charge in [-0.2, -0.15) is 0 Å². The number of nitrogens with zero attached hydrogens (tertiary/aromatic N) is 3. The molecule has 3 aromatic carbocycles. The largest absolute Gasteiger partial charge is 0.217 e. The summed E-state index contributed by atoms with van der Waals surface area (Å²) >= 11 is 1.76. The Bertz CT molecular complexity index is 1090. The van der Waals surface area contributed by atoms with Crippen molar-refractivity contribution in [2.75, 3.05) is 0 Å². The third-order valence-corrected chi connectivity index (χ3v) is 5.92. The van der Waals surface area contributed by atoms with E-state index in [1.165, 1.54) is 15.4 Å². The molecule has 0 N–H and O–H groups in total. The fourth-order valence-corrected chi connectivity index (χ4v) is 4.50. The van der Waals surface area contributed by atoms with Crippen LogP contribution < -0.4 is 0 Å². The van der Waals surface area contributed by atoms with E-state index >= 15 is 0 Å². The van der Waals surface area contributed by atoms with E-state index in [1.54, 1.807) is 11.8 Å². The highest BCUT2D eigenvalue weighted by Gasteiger charge is 2.19. The van der Waals surface area contributed by atoms with Gasteiger partial charge < -0.3 is 0 Å². The normalized spacial score (nSPS) is 12.9. The van der Waals surface area contributed by atoms with Crippen molar-refractivity contribution in [2.24, 2.45) is 0 Å². The average Bonchev–Trinajstić information content (AvgIpc) is 3.06. The molecule has 0 saturated heterocycles. The summed E-state index contributed by atoms with van der Waals surface area (Å²) in [6.45, 7) is 0. The smallest absolute Gasteiger partial charge is 0.182 e. The van der Waals surface area contributed by atoms with Crippen molar-refractivity contribution in [2.45, 2.75) is 29.1 Å². The summed E-state index contributed by atoms with van der Waals surface area (Å²) in [4.78, 5) is 7.32. The molecule has 1 aromatic heterocycles. The van der Waals surface area contributed by atoms with Crippen molar-refractivity contribution in [3.05, 3.63) is 90.3 Å². The van der Waals surface area contributed by atoms with Crippen LogP contribution in [0.15, 0.2) is 88.7 Å². The first-order valence-electron chi connectivity index (χ1n) is 9.25. The van der Waals surface area contributed by atoms with Crippen molar-refractivity contribution >= 4 is 11.8 Å². The molecule has 3 nitrogen and oxygen atoms in total. The minimum atomic E-state index is 0.806. The van der Waals surface area contributed by atoms with Crippen molar-refractivity contribution < 1.29 is 0 Å². The first-order valence-corrected chi connectivity index (χ1v) is 10.1. The lowest BCUT2D eigenvalue weighted by Crippen LogP contribution is -2.02. The maximum Gasteiger partial charge on any atom is 0.182 e. The molecule has 4 heteroatoms. The monoisotopic (exact) mass is 369 g/mol. The van der Waals surface area contributed by atoms with E-state index in [-0.39, 0.29) is 0 Å². The topological polar surface area (TPSA) is 30.7 Å². The fraction of sp³-hybridized carbons (Fsp3) is 0.130. The Morgan fingerprint density at radius 2 is 1.56 bits per heavy atom. The molecule has 4 aromatic rings. The van der Waals surface area contributed by atoms with Gasteiger partial charge in [0.1, 0.15) is 5.82 Å². The van der Waals surface area contributed by atoms with Crippen LogP contribution in [0.1, 0.15) is 17.8 Å². The predicted octanol–water partition coefficient (Wildman–Crippen LogP) is 5.57. The highest BCUT2D eigenvalue weighted by molar-refractivity contribution is 7.99. The molecule has 0 fully saturated rings. The number of hydrogen-bond donors (Lipinski definition) is 0. The van der Waals surface area contributed by atoms with Crippen molar-refractivity contribution in [3.63, 3.8) is 0 Å². The molecule has 2 heterocycles. The molecule has 0 unspecified atom stereocenters. The van der Waals surface area contributed by atoms with Crippen LogP contribution in [0.4, 0.5) is 0 Å². The van der Waals surface area contributed by atoms with Crippen LogP contribution >= 0.6 is 11.8 Å². The van der Waals surface area contributed by atoms with Gasteiger partial charge >= 0.3 is 0 Å². The van der Waals surface area contributed by atoms with Gasteiger partial charge in [-0.05, 0) is 48.7 Å². The minimum Gasteiger partial charge on any atom is -0.217 e. The van der Waals surface area contributed by atoms with Gasteiger partial charge in [-0.1, -0.05) is 60.3 Å². The van der Waals surface area contributed by atoms with E-state index in [4.69, 9.17) is 10.1 Å². The Kier molecular flexibility index (Phi) is 4.26. The molecule has 1 aliphatic heterocycles. The van der Waals surface area contributed by atoms with Crippen LogP contribution in [0.2, 0.25) is 0 Å². The molecule has 0 radical (unpaired) electrons. The lowest BCUT2D eigenvalue weighted by Gasteiger charge is -2.07. The SMILES string of the molecule is c1ccc(Sc2ccccc2-c2nc3n(n2)-c2ccccc2CCC3)cc1. The summed E-state index contributed by atoms with van der Waals surface area (Å²) in [5.74, 6) is 1.86. The average molecular weight is 369 g/mol. The van der Waals surface area contributed by atoms with Crippen LogP contribution in [-0.2, 0) is 12.8 Å². The first kappa shape index (κ1) is 16.3. The van der Waals surface area contributed by atoms with Gasteiger partial charge in [-0.15, -0.1) is 5.10 Å². The Labute approximate surface area is 163 Å². The minimum absolute atomic E-state index is 0.806. The molecule has 0 saturated carbocycles. The second-order valence-corrected chi connectivity index (χ2v) is 7.77. The van der Waals surface area contributed by atoms with Gasteiger partial charge in [-0.3, -0.25) is 0 Å². The second kappa shape index (κ2) is 7.05. The number of rotatable bonds is 3. The number of aromatic nitrogens is 3. The molecule has 0 atom stereocenters. The Hall–Kier alpha value is -2.85. The molecule has 0 bridgehead atoms. The van der Waals surface area contributed by atoms with E-state index in [2.05, 4.69) is 72.8 Å². The van der Waals surface area contributed by atoms with Crippen LogP contribution in [0, 0.1) is 0 Å². The maximum atomic E-state index is 4.92. The molecule has 0 aliphatic carbocycles. The summed E-state index contributed by atoms with van der Waals surface area (Å²) < 4.78 is 2.04. The van der Waals surface area contributed by atoms with Crippen LogP contribution in [0.5, 0.6) is 0 Å². The third-order valence-electron chi connectivity index (χ3n) is 4.84. The molecule has 1 aliphatic rings. The second-order valence-electron chi connectivity index (χ2n) is 6.66. The molecular formula is C23H19N3S. The molecular weight excluding hydrogens is 350 g/mol. The highest BCUT2D eigenvalue weighted by atomic mass is 32.2. The summed E-state index contributed by atoms with van der Waals surface area (Å²) in [5.41, 5.74) is 3.60. The quantitative estimate of drug-likeness (QED) is 0.473. The summed E-state index contributed by atoms with van der Waals surface area (Å²) in [7, 11) is 0. The number of benzene rings is 3. The van der Waals surface area contributed by atoms with Gasteiger partial charge in [0.25, 0.3) is 0 Å². The predicted molar refractivity (Wildman–Crippen MR) is 109 cm³/mol. The highest BCUT2D eigenvalue weighted by Crippen LogP contribution is 2.35. The van der Waals surface area contributed by atoms with Crippen molar-refractivity contribution in [1.82, 2.24) is 14.8 Å². The Morgan fingerprint density at radius 1 is 0.778 bits per heavy atom. The number of fused-ring (bicyclic) bond motifs is 3.